The van der Waals surface area contributed by atoms with Crippen LogP contribution in [0.15, 0.2) is 54.6 Å². The van der Waals surface area contributed by atoms with Crippen LogP contribution in [0, 0.1) is 5.82 Å². The highest BCUT2D eigenvalue weighted by molar-refractivity contribution is 5.95. The van der Waals surface area contributed by atoms with E-state index >= 15 is 0 Å². The second-order valence-corrected chi connectivity index (χ2v) is 6.68. The summed E-state index contributed by atoms with van der Waals surface area (Å²) in [7, 11) is 1.87. The van der Waals surface area contributed by atoms with Crippen molar-refractivity contribution in [1.29, 1.82) is 0 Å². The molecule has 6 nitrogen and oxygen atoms in total. The summed E-state index contributed by atoms with van der Waals surface area (Å²) in [5, 5.41) is 10.7. The van der Waals surface area contributed by atoms with Crippen molar-refractivity contribution in [2.45, 2.75) is 19.1 Å². The molecule has 4 rings (SSSR count). The molecular weight excluding hydrogens is 359 g/mol. The molecule has 1 unspecified atom stereocenters. The van der Waals surface area contributed by atoms with Crippen LogP contribution >= 0.6 is 0 Å². The van der Waals surface area contributed by atoms with Gasteiger partial charge in [-0.1, -0.05) is 36.4 Å². The van der Waals surface area contributed by atoms with Crippen molar-refractivity contribution in [2.75, 3.05) is 11.9 Å². The normalized spacial score (nSPS) is 14.2. The number of benzene rings is 2. The number of hydrogen-bond donors (Lipinski definition) is 2. The van der Waals surface area contributed by atoms with E-state index in [9.17, 15) is 9.18 Å². The molecule has 1 atom stereocenters. The molecule has 2 aromatic carbocycles. The number of amides is 1. The van der Waals surface area contributed by atoms with Crippen LogP contribution in [0.2, 0.25) is 0 Å². The van der Waals surface area contributed by atoms with Crippen LogP contribution < -0.4 is 15.4 Å². The molecule has 0 aliphatic carbocycles. The molecule has 0 saturated heterocycles. The molecule has 1 aliphatic heterocycles. The minimum atomic E-state index is -0.933. The maximum absolute atomic E-state index is 13.6. The molecule has 0 spiro atoms. The van der Waals surface area contributed by atoms with Crippen LogP contribution in [-0.4, -0.2) is 22.2 Å². The van der Waals surface area contributed by atoms with E-state index < -0.39 is 11.9 Å². The average molecular weight is 380 g/mol. The summed E-state index contributed by atoms with van der Waals surface area (Å²) in [5.41, 5.74) is 2.77. The Labute approximate surface area is 162 Å². The van der Waals surface area contributed by atoms with Crippen molar-refractivity contribution in [1.82, 2.24) is 15.1 Å². The Kier molecular flexibility index (Phi) is 5.08. The number of hydrogen-bond acceptors (Lipinski definition) is 4. The van der Waals surface area contributed by atoms with Crippen LogP contribution in [0.1, 0.15) is 22.9 Å². The van der Waals surface area contributed by atoms with Gasteiger partial charge in [0.2, 0.25) is 6.10 Å². The molecule has 1 aromatic heterocycles. The molecule has 0 radical (unpaired) electrons. The predicted octanol–water partition coefficient (Wildman–Crippen LogP) is 2.96. The lowest BCUT2D eigenvalue weighted by molar-refractivity contribution is -0.123. The van der Waals surface area contributed by atoms with Gasteiger partial charge < -0.3 is 15.4 Å². The fourth-order valence-electron chi connectivity index (χ4n) is 3.38. The summed E-state index contributed by atoms with van der Waals surface area (Å²) in [5.74, 6) is 0.0312. The van der Waals surface area contributed by atoms with Gasteiger partial charge in [0, 0.05) is 49.4 Å². The van der Waals surface area contributed by atoms with Gasteiger partial charge in [0.05, 0.1) is 0 Å². The van der Waals surface area contributed by atoms with E-state index in [-0.39, 0.29) is 11.7 Å². The van der Waals surface area contributed by atoms with E-state index in [2.05, 4.69) is 15.7 Å². The van der Waals surface area contributed by atoms with Crippen LogP contribution in [-0.2, 0) is 24.8 Å². The number of anilines is 1. The zero-order valence-corrected chi connectivity index (χ0v) is 15.5. The SMILES string of the molecule is Cn1nc(NC(=O)C(Oc2cccc(F)c2)c2ccccc2)c2c1CCNC2. The van der Waals surface area contributed by atoms with E-state index in [1.807, 2.05) is 25.2 Å². The molecule has 2 heterocycles. The Hall–Kier alpha value is -3.19. The number of fused-ring (bicyclic) bond motifs is 1. The van der Waals surface area contributed by atoms with Crippen molar-refractivity contribution >= 4 is 11.7 Å². The number of rotatable bonds is 5. The number of carbonyl (C=O) groups excluding carboxylic acids is 1. The van der Waals surface area contributed by atoms with Crippen molar-refractivity contribution in [3.63, 3.8) is 0 Å². The first-order valence-corrected chi connectivity index (χ1v) is 9.15. The van der Waals surface area contributed by atoms with Gasteiger partial charge in [-0.15, -0.1) is 0 Å². The van der Waals surface area contributed by atoms with Gasteiger partial charge in [-0.05, 0) is 12.1 Å². The highest BCUT2D eigenvalue weighted by atomic mass is 19.1. The maximum atomic E-state index is 13.6. The number of halogens is 1. The number of aromatic nitrogens is 2. The van der Waals surface area contributed by atoms with Gasteiger partial charge in [-0.3, -0.25) is 9.48 Å². The number of ether oxygens (including phenoxy) is 1. The van der Waals surface area contributed by atoms with Crippen LogP contribution in [0.3, 0.4) is 0 Å². The highest BCUT2D eigenvalue weighted by Crippen LogP contribution is 2.26. The van der Waals surface area contributed by atoms with Crippen molar-refractivity contribution in [3.05, 3.63) is 77.2 Å². The molecule has 144 valence electrons. The van der Waals surface area contributed by atoms with Gasteiger partial charge in [0.25, 0.3) is 5.91 Å². The smallest absolute Gasteiger partial charge is 0.271 e. The second-order valence-electron chi connectivity index (χ2n) is 6.68. The minimum Gasteiger partial charge on any atom is -0.476 e. The van der Waals surface area contributed by atoms with Gasteiger partial charge in [-0.2, -0.15) is 5.10 Å². The molecule has 7 heteroatoms. The molecule has 0 saturated carbocycles. The molecule has 1 amide bonds. The third kappa shape index (κ3) is 3.75. The summed E-state index contributed by atoms with van der Waals surface area (Å²) in [6, 6.07) is 14.9. The summed E-state index contributed by atoms with van der Waals surface area (Å²) < 4.78 is 21.2. The van der Waals surface area contributed by atoms with Gasteiger partial charge in [0.1, 0.15) is 11.6 Å². The van der Waals surface area contributed by atoms with E-state index in [0.717, 1.165) is 24.2 Å². The average Bonchev–Trinajstić information content (AvgIpc) is 3.02. The van der Waals surface area contributed by atoms with Gasteiger partial charge in [-0.25, -0.2) is 4.39 Å². The number of nitrogens with zero attached hydrogens (tertiary/aromatic N) is 2. The second kappa shape index (κ2) is 7.82. The molecule has 1 aliphatic rings. The Bertz CT molecular complexity index is 987. The van der Waals surface area contributed by atoms with E-state index in [1.54, 1.807) is 28.9 Å². The molecule has 2 N–H and O–H groups in total. The molecule has 28 heavy (non-hydrogen) atoms. The van der Waals surface area contributed by atoms with Crippen molar-refractivity contribution in [2.24, 2.45) is 7.05 Å². The monoisotopic (exact) mass is 380 g/mol. The number of nitrogens with one attached hydrogen (secondary N) is 2. The van der Waals surface area contributed by atoms with Crippen LogP contribution in [0.5, 0.6) is 5.75 Å². The lowest BCUT2D eigenvalue weighted by Crippen LogP contribution is -2.28. The molecule has 0 bridgehead atoms. The van der Waals surface area contributed by atoms with Crippen LogP contribution in [0.25, 0.3) is 0 Å². The van der Waals surface area contributed by atoms with Gasteiger partial charge in [0.15, 0.2) is 5.82 Å². The third-order valence-corrected chi connectivity index (χ3v) is 4.75. The molecule has 0 fully saturated rings. The Morgan fingerprint density at radius 2 is 2.07 bits per heavy atom. The largest absolute Gasteiger partial charge is 0.476 e. The summed E-state index contributed by atoms with van der Waals surface area (Å²) in [6.07, 6.45) is -0.0754. The van der Waals surface area contributed by atoms with Gasteiger partial charge >= 0.3 is 0 Å². The fraction of sp³-hybridized carbons (Fsp3) is 0.238. The number of carbonyl (C=O) groups is 1. The summed E-state index contributed by atoms with van der Waals surface area (Å²) in [6.45, 7) is 1.54. The standard InChI is InChI=1S/C21H21FN4O2/c1-26-18-10-11-23-13-17(18)20(25-26)24-21(27)19(14-6-3-2-4-7-14)28-16-9-5-8-15(22)12-16/h2-9,12,19,23H,10-11,13H2,1H3,(H,24,25,27). The maximum Gasteiger partial charge on any atom is 0.271 e. The summed E-state index contributed by atoms with van der Waals surface area (Å²) in [4.78, 5) is 13.1. The summed E-state index contributed by atoms with van der Waals surface area (Å²) >= 11 is 0. The fourth-order valence-corrected chi connectivity index (χ4v) is 3.38. The lowest BCUT2D eigenvalue weighted by Gasteiger charge is -2.19. The van der Waals surface area contributed by atoms with Crippen LogP contribution in [0.4, 0.5) is 10.2 Å². The first-order chi connectivity index (χ1) is 13.6. The first kappa shape index (κ1) is 18.2. The lowest BCUT2D eigenvalue weighted by atomic mass is 10.1. The minimum absolute atomic E-state index is 0.286. The van der Waals surface area contributed by atoms with E-state index in [0.29, 0.717) is 17.9 Å². The molecular formula is C21H21FN4O2. The zero-order valence-electron chi connectivity index (χ0n) is 15.5. The Morgan fingerprint density at radius 3 is 2.86 bits per heavy atom. The van der Waals surface area contributed by atoms with E-state index in [4.69, 9.17) is 4.74 Å². The topological polar surface area (TPSA) is 68.2 Å². The van der Waals surface area contributed by atoms with Crippen molar-refractivity contribution in [3.8, 4) is 5.75 Å². The Morgan fingerprint density at radius 1 is 1.25 bits per heavy atom. The first-order valence-electron chi connectivity index (χ1n) is 9.15. The van der Waals surface area contributed by atoms with Crippen molar-refractivity contribution < 1.29 is 13.9 Å². The Balaban J connectivity index is 1.62. The highest BCUT2D eigenvalue weighted by Gasteiger charge is 2.27. The number of aryl methyl sites for hydroxylation is 1. The predicted molar refractivity (Wildman–Crippen MR) is 103 cm³/mol. The quantitative estimate of drug-likeness (QED) is 0.714. The third-order valence-electron chi connectivity index (χ3n) is 4.75. The zero-order chi connectivity index (χ0) is 19.5. The van der Waals surface area contributed by atoms with E-state index in [1.165, 1.54) is 12.1 Å². The molecule has 3 aromatic rings.